The van der Waals surface area contributed by atoms with Crippen molar-refractivity contribution in [3.8, 4) is 0 Å². The molecule has 0 bridgehead atoms. The zero-order chi connectivity index (χ0) is 31.2. The van der Waals surface area contributed by atoms with Gasteiger partial charge in [-0.1, -0.05) is 48.6 Å². The Labute approximate surface area is 277 Å². The van der Waals surface area contributed by atoms with Crippen LogP contribution >= 0.6 is 11.3 Å². The van der Waals surface area contributed by atoms with Gasteiger partial charge in [-0.2, -0.15) is 0 Å². The van der Waals surface area contributed by atoms with Crippen molar-refractivity contribution < 1.29 is 0 Å². The maximum atomic E-state index is 4.25. The first-order chi connectivity index (χ1) is 22.8. The number of benzene rings is 2. The molecule has 7 aliphatic rings. The van der Waals surface area contributed by atoms with Gasteiger partial charge in [-0.05, 0) is 73.9 Å². The summed E-state index contributed by atoms with van der Waals surface area (Å²) in [7, 11) is 0. The van der Waals surface area contributed by atoms with E-state index in [1.807, 2.05) is 36.0 Å². The minimum absolute atomic E-state index is 0.809. The molecule has 7 heterocycles. The Kier molecular flexibility index (Phi) is 11.4. The van der Waals surface area contributed by atoms with Gasteiger partial charge in [0.25, 0.3) is 0 Å². The molecule has 8 nitrogen and oxygen atoms in total. The van der Waals surface area contributed by atoms with Gasteiger partial charge in [0.1, 0.15) is 5.84 Å². The van der Waals surface area contributed by atoms with Crippen molar-refractivity contribution in [1.29, 1.82) is 0 Å². The molecule has 0 spiro atoms. The highest BCUT2D eigenvalue weighted by Crippen LogP contribution is 2.24. The molecule has 6 aliphatic heterocycles. The van der Waals surface area contributed by atoms with Crippen molar-refractivity contribution in [2.24, 2.45) is 15.0 Å². The molecule has 0 unspecified atom stereocenters. The van der Waals surface area contributed by atoms with Crippen LogP contribution in [0.25, 0.3) is 0 Å². The van der Waals surface area contributed by atoms with E-state index < -0.39 is 0 Å². The second-order valence-corrected chi connectivity index (χ2v) is 12.7. The maximum absolute atomic E-state index is 4.25. The van der Waals surface area contributed by atoms with Crippen LogP contribution < -0.4 is 10.6 Å². The van der Waals surface area contributed by atoms with Crippen molar-refractivity contribution in [3.63, 3.8) is 0 Å². The number of amidine groups is 1. The average Bonchev–Trinajstić information content (AvgIpc) is 3.95. The van der Waals surface area contributed by atoms with Crippen LogP contribution in [0.15, 0.2) is 105 Å². The van der Waals surface area contributed by atoms with Crippen LogP contribution in [0.2, 0.25) is 0 Å². The number of thiazole rings is 1. The summed E-state index contributed by atoms with van der Waals surface area (Å²) >= 11 is 1.80. The summed E-state index contributed by atoms with van der Waals surface area (Å²) in [6.45, 7) is 6.33. The standard InChI is InChI=1S/2C8H8N2.C8H11N.C7H10N2.C6H7NS/c2*1-2-4-8-7(3-1)5-9-6-10-8;1-2-6-9-7-3-5-8(9)4-1;1-3-7-8-4-2-6-9(7)5-1;1-2-5-6(3-1)8-4-7-5/h2*1-4,6H,5H2,(H,9,10);1-2,4H,3,5-7H2;2,4H,1,3,5-6H2;4H,1-3H2. The fourth-order valence-electron chi connectivity index (χ4n) is 6.12. The Morgan fingerprint density at radius 1 is 0.696 bits per heavy atom. The number of allylic oxidation sites excluding steroid dienone is 3. The second-order valence-electron chi connectivity index (χ2n) is 11.7. The number of aryl methyl sites for hydroxylation is 2. The van der Waals surface area contributed by atoms with Gasteiger partial charge in [0, 0.05) is 60.7 Å². The number of fused-ring (bicyclic) bond motifs is 5. The average molecular weight is 633 g/mol. The number of rotatable bonds is 0. The highest BCUT2D eigenvalue weighted by Gasteiger charge is 2.18. The lowest BCUT2D eigenvalue weighted by atomic mass is 10.1. The molecule has 1 aliphatic carbocycles. The normalized spacial score (nSPS) is 18.3. The fourth-order valence-corrected chi connectivity index (χ4v) is 6.98. The van der Waals surface area contributed by atoms with Crippen molar-refractivity contribution in [2.45, 2.75) is 58.0 Å². The molecular formula is C37H44N8S. The van der Waals surface area contributed by atoms with E-state index in [9.17, 15) is 0 Å². The van der Waals surface area contributed by atoms with E-state index in [0.29, 0.717) is 0 Å². The Morgan fingerprint density at radius 3 is 2.09 bits per heavy atom. The minimum atomic E-state index is 0.809. The molecule has 1 aromatic heterocycles. The minimum Gasteiger partial charge on any atom is -0.371 e. The molecule has 2 fully saturated rings. The Bertz CT molecular complexity index is 1440. The molecule has 238 valence electrons. The molecule has 0 saturated carbocycles. The van der Waals surface area contributed by atoms with Crippen molar-refractivity contribution in [3.05, 3.63) is 112 Å². The van der Waals surface area contributed by atoms with Gasteiger partial charge in [-0.15, -0.1) is 11.3 Å². The number of aromatic nitrogens is 1. The summed E-state index contributed by atoms with van der Waals surface area (Å²) in [5.74, 6) is 1.29. The van der Waals surface area contributed by atoms with Crippen molar-refractivity contribution >= 4 is 41.2 Å². The van der Waals surface area contributed by atoms with Crippen molar-refractivity contribution in [1.82, 2.24) is 14.8 Å². The summed E-state index contributed by atoms with van der Waals surface area (Å²) in [5, 5.41) is 6.14. The molecule has 2 saturated heterocycles. The second kappa shape index (κ2) is 16.7. The van der Waals surface area contributed by atoms with E-state index in [-0.39, 0.29) is 0 Å². The largest absolute Gasteiger partial charge is 0.371 e. The van der Waals surface area contributed by atoms with E-state index in [0.717, 1.165) is 26.2 Å². The number of hydrogen-bond acceptors (Lipinski definition) is 9. The topological polar surface area (TPSA) is 80.5 Å². The smallest absolute Gasteiger partial charge is 0.104 e. The summed E-state index contributed by atoms with van der Waals surface area (Å²) in [5.41, 5.74) is 9.74. The molecule has 2 N–H and O–H groups in total. The SMILES string of the molecule is C1=CCN2CCCC2=C1.C1=CN=C2CCCN2C1.C1=NCc2ccccc2N1.C1=NCc2ccccc2N1.c1nc2c(s1)CCC2. The third-order valence-corrected chi connectivity index (χ3v) is 9.52. The molecule has 0 radical (unpaired) electrons. The molecule has 3 aromatic rings. The van der Waals surface area contributed by atoms with Crippen LogP contribution in [0.3, 0.4) is 0 Å². The molecule has 2 aromatic carbocycles. The zero-order valence-electron chi connectivity index (χ0n) is 26.5. The summed E-state index contributed by atoms with van der Waals surface area (Å²) in [6, 6.07) is 16.4. The Morgan fingerprint density at radius 2 is 1.39 bits per heavy atom. The summed E-state index contributed by atoms with van der Waals surface area (Å²) in [4.78, 5) is 22.9. The van der Waals surface area contributed by atoms with Crippen LogP contribution in [0, 0.1) is 0 Å². The number of anilines is 2. The number of para-hydroxylation sites is 2. The first kappa shape index (κ1) is 31.5. The first-order valence-electron chi connectivity index (χ1n) is 16.5. The third-order valence-electron chi connectivity index (χ3n) is 8.59. The van der Waals surface area contributed by atoms with Crippen LogP contribution in [0.4, 0.5) is 11.4 Å². The third kappa shape index (κ3) is 8.81. The molecule has 0 atom stereocenters. The Hall–Kier alpha value is -4.50. The fraction of sp³-hybridized carbons (Fsp3) is 0.351. The van der Waals surface area contributed by atoms with E-state index in [1.54, 1.807) is 24.0 Å². The van der Waals surface area contributed by atoms with Crippen LogP contribution in [0.1, 0.15) is 53.8 Å². The van der Waals surface area contributed by atoms with Crippen LogP contribution in [-0.2, 0) is 25.9 Å². The van der Waals surface area contributed by atoms with Crippen molar-refractivity contribution in [2.75, 3.05) is 36.8 Å². The van der Waals surface area contributed by atoms with E-state index >= 15 is 0 Å². The summed E-state index contributed by atoms with van der Waals surface area (Å²) in [6.07, 6.45) is 23.1. The van der Waals surface area contributed by atoms with Gasteiger partial charge in [0.05, 0.1) is 37.0 Å². The molecule has 10 rings (SSSR count). The van der Waals surface area contributed by atoms with Gasteiger partial charge < -0.3 is 20.4 Å². The lowest BCUT2D eigenvalue weighted by Gasteiger charge is -2.19. The van der Waals surface area contributed by atoms with Crippen LogP contribution in [0.5, 0.6) is 0 Å². The van der Waals surface area contributed by atoms with Gasteiger partial charge in [0.15, 0.2) is 0 Å². The number of hydrogen-bond donors (Lipinski definition) is 2. The zero-order valence-corrected chi connectivity index (χ0v) is 27.3. The molecule has 9 heteroatoms. The highest BCUT2D eigenvalue weighted by atomic mass is 32.1. The monoisotopic (exact) mass is 632 g/mol. The quantitative estimate of drug-likeness (QED) is 0.269. The predicted octanol–water partition coefficient (Wildman–Crippen LogP) is 7.46. The number of nitrogens with one attached hydrogen (secondary N) is 2. The maximum Gasteiger partial charge on any atom is 0.104 e. The first-order valence-corrected chi connectivity index (χ1v) is 17.4. The number of nitrogens with zero attached hydrogens (tertiary/aromatic N) is 6. The number of aliphatic imine (C=N–C) groups is 3. The predicted molar refractivity (Wildman–Crippen MR) is 194 cm³/mol. The Balaban J connectivity index is 0.000000101. The van der Waals surface area contributed by atoms with E-state index in [2.05, 4.69) is 89.0 Å². The molecular weight excluding hydrogens is 589 g/mol. The van der Waals surface area contributed by atoms with Gasteiger partial charge in [-0.25, -0.2) is 9.98 Å². The van der Waals surface area contributed by atoms with E-state index in [1.165, 1.54) is 103 Å². The van der Waals surface area contributed by atoms with Crippen LogP contribution in [-0.4, -0.2) is 59.5 Å². The van der Waals surface area contributed by atoms with Gasteiger partial charge >= 0.3 is 0 Å². The summed E-state index contributed by atoms with van der Waals surface area (Å²) < 4.78 is 0. The van der Waals surface area contributed by atoms with Gasteiger partial charge in [0.2, 0.25) is 0 Å². The van der Waals surface area contributed by atoms with Gasteiger partial charge in [-0.3, -0.25) is 9.98 Å². The lowest BCUT2D eigenvalue weighted by Crippen LogP contribution is -2.26. The molecule has 0 amide bonds. The molecule has 46 heavy (non-hydrogen) atoms. The highest BCUT2D eigenvalue weighted by molar-refractivity contribution is 7.09. The van der Waals surface area contributed by atoms with E-state index in [4.69, 9.17) is 0 Å². The lowest BCUT2D eigenvalue weighted by molar-refractivity contribution is 0.432.